The van der Waals surface area contributed by atoms with Gasteiger partial charge in [0.05, 0.1) is 0 Å². The van der Waals surface area contributed by atoms with Gasteiger partial charge in [0.15, 0.2) is 0 Å². The molecule has 0 aliphatic rings. The van der Waals surface area contributed by atoms with E-state index < -0.39 is 0 Å². The zero-order valence-electron chi connectivity index (χ0n) is 24.8. The van der Waals surface area contributed by atoms with Crippen molar-refractivity contribution in [3.8, 4) is 0 Å². The molecule has 0 amide bonds. The molecule has 0 N–H and O–H groups in total. The molecule has 0 rings (SSSR count). The molecule has 0 heteroatoms. The van der Waals surface area contributed by atoms with E-state index in [0.717, 1.165) is 11.8 Å². The molecule has 1 unspecified atom stereocenters. The Labute approximate surface area is 219 Å². The molecule has 0 nitrogen and oxygen atoms in total. The van der Waals surface area contributed by atoms with E-state index in [1.807, 2.05) is 0 Å². The molecule has 34 heavy (non-hydrogen) atoms. The first-order valence-corrected chi connectivity index (χ1v) is 16.6. The van der Waals surface area contributed by atoms with E-state index in [1.165, 1.54) is 173 Å². The zero-order chi connectivity index (χ0) is 25.0. The second-order valence-electron chi connectivity index (χ2n) is 11.6. The maximum Gasteiger partial charge on any atom is -0.0324 e. The molecule has 0 fully saturated rings. The third-order valence-corrected chi connectivity index (χ3v) is 8.01. The maximum atomic E-state index is 2.91. The summed E-state index contributed by atoms with van der Waals surface area (Å²) in [5, 5.41) is 0. The van der Waals surface area contributed by atoms with Crippen LogP contribution in [0.3, 0.4) is 0 Å². The fraction of sp³-hybridized carbons (Fsp3) is 0.971. The van der Waals surface area contributed by atoms with Gasteiger partial charge in [-0.3, -0.25) is 0 Å². The van der Waals surface area contributed by atoms with Gasteiger partial charge in [0.1, 0.15) is 0 Å². The molecule has 0 saturated carbocycles. The van der Waals surface area contributed by atoms with Crippen LogP contribution in [0.4, 0.5) is 0 Å². The van der Waals surface area contributed by atoms with Gasteiger partial charge >= 0.3 is 0 Å². The van der Waals surface area contributed by atoms with Gasteiger partial charge in [0.2, 0.25) is 0 Å². The summed E-state index contributed by atoms with van der Waals surface area (Å²) in [5.41, 5.74) is 0. The Bertz CT molecular complexity index is 330. The van der Waals surface area contributed by atoms with Crippen molar-refractivity contribution in [2.75, 3.05) is 0 Å². The van der Waals surface area contributed by atoms with E-state index in [4.69, 9.17) is 0 Å². The van der Waals surface area contributed by atoms with Crippen LogP contribution in [0.2, 0.25) is 0 Å². The Morgan fingerprint density at radius 3 is 0.735 bits per heavy atom. The van der Waals surface area contributed by atoms with Crippen molar-refractivity contribution in [2.45, 2.75) is 201 Å². The summed E-state index contributed by atoms with van der Waals surface area (Å²) in [6.45, 7) is 9.33. The Morgan fingerprint density at radius 2 is 0.500 bits per heavy atom. The summed E-state index contributed by atoms with van der Waals surface area (Å²) in [7, 11) is 0. The van der Waals surface area contributed by atoms with Gasteiger partial charge in [-0.2, -0.15) is 0 Å². The first-order valence-electron chi connectivity index (χ1n) is 16.6. The number of hydrogen-bond acceptors (Lipinski definition) is 0. The van der Waals surface area contributed by atoms with Crippen molar-refractivity contribution in [2.24, 2.45) is 11.8 Å². The molecular formula is C34H69. The van der Waals surface area contributed by atoms with Crippen LogP contribution in [0, 0.1) is 18.3 Å². The third-order valence-electron chi connectivity index (χ3n) is 8.01. The largest absolute Gasteiger partial charge is 0.0654 e. The summed E-state index contributed by atoms with van der Waals surface area (Å²) in [4.78, 5) is 0. The van der Waals surface area contributed by atoms with Crippen LogP contribution < -0.4 is 0 Å². The summed E-state index contributed by atoms with van der Waals surface area (Å²) >= 11 is 0. The van der Waals surface area contributed by atoms with Crippen LogP contribution in [-0.4, -0.2) is 0 Å². The van der Waals surface area contributed by atoms with Gasteiger partial charge in [0, 0.05) is 0 Å². The second-order valence-corrected chi connectivity index (χ2v) is 11.6. The van der Waals surface area contributed by atoms with Gasteiger partial charge in [-0.15, -0.1) is 0 Å². The minimum absolute atomic E-state index is 0.901. The predicted molar refractivity (Wildman–Crippen MR) is 159 cm³/mol. The summed E-state index contributed by atoms with van der Waals surface area (Å²) in [5.74, 6) is 1.80. The summed E-state index contributed by atoms with van der Waals surface area (Å²) < 4.78 is 0. The van der Waals surface area contributed by atoms with Crippen LogP contribution in [0.25, 0.3) is 0 Å². The molecule has 0 aromatic carbocycles. The summed E-state index contributed by atoms with van der Waals surface area (Å²) in [6, 6.07) is 0. The monoisotopic (exact) mass is 478 g/mol. The molecule has 205 valence electrons. The van der Waals surface area contributed by atoms with E-state index >= 15 is 0 Å². The van der Waals surface area contributed by atoms with Crippen molar-refractivity contribution < 1.29 is 0 Å². The number of unbranched alkanes of at least 4 members (excludes halogenated alkanes) is 19. The van der Waals surface area contributed by atoms with Gasteiger partial charge in [-0.05, 0) is 18.3 Å². The highest BCUT2D eigenvalue weighted by atomic mass is 14.2. The standard InChI is InChI=1S/C34H69/c1-5-9-13-17-21-25-29-33(28-24-20-16-12-8-4)32-34(30-26-22-18-14-10-6-2)31-27-23-19-15-11-7-3/h32-34H,5-31H2,1-4H3. The van der Waals surface area contributed by atoms with Crippen molar-refractivity contribution in [1.82, 2.24) is 0 Å². The van der Waals surface area contributed by atoms with Crippen LogP contribution in [-0.2, 0) is 0 Å². The van der Waals surface area contributed by atoms with Gasteiger partial charge in [-0.1, -0.05) is 201 Å². The minimum atomic E-state index is 0.901. The molecule has 0 saturated heterocycles. The van der Waals surface area contributed by atoms with Gasteiger partial charge in [0.25, 0.3) is 0 Å². The molecule has 0 aliphatic carbocycles. The van der Waals surface area contributed by atoms with E-state index in [-0.39, 0.29) is 0 Å². The quantitative estimate of drug-likeness (QED) is 0.0939. The zero-order valence-corrected chi connectivity index (χ0v) is 24.8. The average molecular weight is 478 g/mol. The van der Waals surface area contributed by atoms with Crippen LogP contribution in [0.1, 0.15) is 201 Å². The lowest BCUT2D eigenvalue weighted by molar-refractivity contribution is 0.364. The predicted octanol–water partition coefficient (Wildman–Crippen LogP) is 13.0. The van der Waals surface area contributed by atoms with Crippen molar-refractivity contribution >= 4 is 0 Å². The van der Waals surface area contributed by atoms with Gasteiger partial charge < -0.3 is 0 Å². The normalized spacial score (nSPS) is 12.6. The minimum Gasteiger partial charge on any atom is -0.0654 e. The van der Waals surface area contributed by atoms with Crippen molar-refractivity contribution in [3.05, 3.63) is 6.42 Å². The molecule has 1 atom stereocenters. The third kappa shape index (κ3) is 25.1. The molecular weight excluding hydrogens is 408 g/mol. The molecule has 1 radical (unpaired) electrons. The van der Waals surface area contributed by atoms with Crippen LogP contribution in [0.15, 0.2) is 0 Å². The summed E-state index contributed by atoms with van der Waals surface area (Å²) in [6.07, 6.45) is 42.0. The average Bonchev–Trinajstić information content (AvgIpc) is 2.84. The lowest BCUT2D eigenvalue weighted by Gasteiger charge is -2.24. The second kappa shape index (κ2) is 29.2. The maximum absolute atomic E-state index is 2.91. The Kier molecular flexibility index (Phi) is 29.2. The molecule has 0 aromatic heterocycles. The van der Waals surface area contributed by atoms with Crippen LogP contribution >= 0.6 is 0 Å². The molecule has 0 aromatic rings. The highest BCUT2D eigenvalue weighted by Crippen LogP contribution is 2.30. The smallest absolute Gasteiger partial charge is 0.0324 e. The van der Waals surface area contributed by atoms with E-state index in [9.17, 15) is 0 Å². The van der Waals surface area contributed by atoms with Crippen LogP contribution in [0.5, 0.6) is 0 Å². The Balaban J connectivity index is 4.56. The molecule has 0 heterocycles. The number of hydrogen-bond donors (Lipinski definition) is 0. The van der Waals surface area contributed by atoms with Crippen molar-refractivity contribution in [1.29, 1.82) is 0 Å². The Hall–Kier alpha value is 0. The lowest BCUT2D eigenvalue weighted by Crippen LogP contribution is -2.12. The molecule has 0 aliphatic heterocycles. The highest BCUT2D eigenvalue weighted by Gasteiger charge is 2.17. The highest BCUT2D eigenvalue weighted by molar-refractivity contribution is 4.84. The Morgan fingerprint density at radius 1 is 0.294 bits per heavy atom. The fourth-order valence-corrected chi connectivity index (χ4v) is 5.63. The first-order chi connectivity index (χ1) is 16.8. The molecule has 0 spiro atoms. The number of rotatable bonds is 29. The SMILES string of the molecule is CCCCCCCCC([CH]C(CCCCCCCC)CCCCCCCC)CCCCCCC. The van der Waals surface area contributed by atoms with E-state index in [0.29, 0.717) is 0 Å². The van der Waals surface area contributed by atoms with Crippen molar-refractivity contribution in [3.63, 3.8) is 0 Å². The van der Waals surface area contributed by atoms with E-state index in [1.54, 1.807) is 0 Å². The van der Waals surface area contributed by atoms with Gasteiger partial charge in [-0.25, -0.2) is 0 Å². The van der Waals surface area contributed by atoms with E-state index in [2.05, 4.69) is 34.1 Å². The lowest BCUT2D eigenvalue weighted by atomic mass is 9.82. The fourth-order valence-electron chi connectivity index (χ4n) is 5.63. The first kappa shape index (κ1) is 34.0. The topological polar surface area (TPSA) is 0 Å². The molecule has 0 bridgehead atoms.